The van der Waals surface area contributed by atoms with Gasteiger partial charge >= 0.3 is 6.03 Å². The Balaban J connectivity index is 1.72. The number of anilines is 1. The van der Waals surface area contributed by atoms with Gasteiger partial charge in [-0.3, -0.25) is 14.9 Å². The number of nitrogens with zero attached hydrogens (tertiary/aromatic N) is 1. The van der Waals surface area contributed by atoms with Crippen molar-refractivity contribution in [3.63, 3.8) is 0 Å². The molecule has 0 bridgehead atoms. The van der Waals surface area contributed by atoms with Crippen molar-refractivity contribution >= 4 is 29.6 Å². The number of nitrogens with one attached hydrogen (secondary N) is 1. The van der Waals surface area contributed by atoms with E-state index >= 15 is 0 Å². The number of hydrogen-bond donors (Lipinski definition) is 1. The predicted octanol–water partition coefficient (Wildman–Crippen LogP) is 2.08. The minimum atomic E-state index is -0.774. The highest BCUT2D eigenvalue weighted by molar-refractivity contribution is 6.39. The molecule has 0 atom stereocenters. The van der Waals surface area contributed by atoms with E-state index in [1.54, 1.807) is 48.5 Å². The van der Waals surface area contributed by atoms with Crippen molar-refractivity contribution in [1.82, 2.24) is 5.32 Å². The van der Waals surface area contributed by atoms with Crippen LogP contribution in [0.15, 0.2) is 54.1 Å². The van der Waals surface area contributed by atoms with Gasteiger partial charge in [-0.2, -0.15) is 0 Å². The van der Waals surface area contributed by atoms with Gasteiger partial charge in [0.1, 0.15) is 5.57 Å². The molecule has 124 valence electrons. The number of fused-ring (bicyclic) bond motifs is 1. The van der Waals surface area contributed by atoms with Crippen LogP contribution in [0.3, 0.4) is 0 Å². The number of barbiturate groups is 1. The Labute approximate surface area is 142 Å². The molecule has 1 saturated heterocycles. The van der Waals surface area contributed by atoms with E-state index in [0.717, 1.165) is 4.90 Å². The molecular weight excluding hydrogens is 324 g/mol. The van der Waals surface area contributed by atoms with Crippen LogP contribution in [-0.2, 0) is 9.59 Å². The SMILES string of the molecule is O=C1NC(=O)N(c2ccccc2)C(=O)C1=Cc1ccc2c(c1)OCO2. The Morgan fingerprint density at radius 1 is 0.960 bits per heavy atom. The van der Waals surface area contributed by atoms with Crippen LogP contribution in [0.1, 0.15) is 5.56 Å². The minimum absolute atomic E-state index is 0.130. The van der Waals surface area contributed by atoms with Gasteiger partial charge in [0.15, 0.2) is 11.5 Å². The van der Waals surface area contributed by atoms with E-state index in [4.69, 9.17) is 9.47 Å². The first-order valence-corrected chi connectivity index (χ1v) is 7.49. The second-order valence-corrected chi connectivity index (χ2v) is 5.41. The Hall–Kier alpha value is -3.61. The van der Waals surface area contributed by atoms with Gasteiger partial charge in [0.05, 0.1) is 5.69 Å². The van der Waals surface area contributed by atoms with Crippen molar-refractivity contribution < 1.29 is 23.9 Å². The van der Waals surface area contributed by atoms with E-state index in [9.17, 15) is 14.4 Å². The third kappa shape index (κ3) is 2.61. The second kappa shape index (κ2) is 5.79. The lowest BCUT2D eigenvalue weighted by Gasteiger charge is -2.26. The normalized spacial score (nSPS) is 17.8. The number of benzene rings is 2. The molecule has 0 aromatic heterocycles. The summed E-state index contributed by atoms with van der Waals surface area (Å²) >= 11 is 0. The number of ether oxygens (including phenoxy) is 2. The number of rotatable bonds is 2. The molecule has 0 unspecified atom stereocenters. The monoisotopic (exact) mass is 336 g/mol. The summed E-state index contributed by atoms with van der Waals surface area (Å²) in [5, 5.41) is 2.18. The predicted molar refractivity (Wildman–Crippen MR) is 88.0 cm³/mol. The van der Waals surface area contributed by atoms with Gasteiger partial charge in [0, 0.05) is 0 Å². The first-order valence-electron chi connectivity index (χ1n) is 7.49. The molecule has 0 spiro atoms. The van der Waals surface area contributed by atoms with Crippen LogP contribution in [0, 0.1) is 0 Å². The zero-order valence-corrected chi connectivity index (χ0v) is 12.9. The number of para-hydroxylation sites is 1. The first kappa shape index (κ1) is 14.9. The summed E-state index contributed by atoms with van der Waals surface area (Å²) in [5.74, 6) is -0.283. The number of carbonyl (C=O) groups excluding carboxylic acids is 3. The van der Waals surface area contributed by atoms with Crippen LogP contribution < -0.4 is 19.7 Å². The fraction of sp³-hybridized carbons (Fsp3) is 0.0556. The molecule has 0 saturated carbocycles. The standard InChI is InChI=1S/C18H12N2O5/c21-16-13(8-11-6-7-14-15(9-11)25-10-24-14)17(22)20(18(23)19-16)12-4-2-1-3-5-12/h1-9H,10H2,(H,19,21,23). The molecule has 2 aromatic carbocycles. The van der Waals surface area contributed by atoms with Gasteiger partial charge in [0.25, 0.3) is 11.8 Å². The van der Waals surface area contributed by atoms with Crippen LogP contribution in [0.25, 0.3) is 6.08 Å². The average molecular weight is 336 g/mol. The van der Waals surface area contributed by atoms with E-state index in [1.165, 1.54) is 6.08 Å². The maximum Gasteiger partial charge on any atom is 0.335 e. The molecule has 2 aliphatic heterocycles. The van der Waals surface area contributed by atoms with E-state index < -0.39 is 17.8 Å². The highest BCUT2D eigenvalue weighted by Crippen LogP contribution is 2.33. The summed E-state index contributed by atoms with van der Waals surface area (Å²) in [7, 11) is 0. The molecule has 0 radical (unpaired) electrons. The first-order chi connectivity index (χ1) is 12.1. The maximum absolute atomic E-state index is 12.7. The smallest absolute Gasteiger partial charge is 0.335 e. The topological polar surface area (TPSA) is 84.9 Å². The molecule has 2 heterocycles. The summed E-state index contributed by atoms with van der Waals surface area (Å²) < 4.78 is 10.5. The van der Waals surface area contributed by atoms with Crippen molar-refractivity contribution in [2.45, 2.75) is 0 Å². The van der Waals surface area contributed by atoms with Crippen molar-refractivity contribution in [3.8, 4) is 11.5 Å². The highest BCUT2D eigenvalue weighted by atomic mass is 16.7. The van der Waals surface area contributed by atoms with Gasteiger partial charge in [0.2, 0.25) is 6.79 Å². The molecule has 4 amide bonds. The number of hydrogen-bond acceptors (Lipinski definition) is 5. The van der Waals surface area contributed by atoms with Crippen molar-refractivity contribution in [3.05, 3.63) is 59.7 Å². The lowest BCUT2D eigenvalue weighted by Crippen LogP contribution is -2.54. The summed E-state index contributed by atoms with van der Waals surface area (Å²) in [6.07, 6.45) is 1.42. The van der Waals surface area contributed by atoms with Crippen LogP contribution >= 0.6 is 0 Å². The van der Waals surface area contributed by atoms with Crippen LogP contribution in [-0.4, -0.2) is 24.6 Å². The van der Waals surface area contributed by atoms with E-state index in [-0.39, 0.29) is 12.4 Å². The number of carbonyl (C=O) groups is 3. The molecule has 1 fully saturated rings. The van der Waals surface area contributed by atoms with Gasteiger partial charge in [-0.1, -0.05) is 24.3 Å². The largest absolute Gasteiger partial charge is 0.454 e. The Kier molecular flexibility index (Phi) is 3.46. The molecule has 7 nitrogen and oxygen atoms in total. The molecule has 2 aliphatic rings. The third-order valence-corrected chi connectivity index (χ3v) is 3.82. The van der Waals surface area contributed by atoms with Crippen molar-refractivity contribution in [1.29, 1.82) is 0 Å². The summed E-state index contributed by atoms with van der Waals surface area (Å²) in [5.41, 5.74) is 0.835. The summed E-state index contributed by atoms with van der Waals surface area (Å²) in [6, 6.07) is 12.7. The summed E-state index contributed by atoms with van der Waals surface area (Å²) in [6.45, 7) is 0.130. The summed E-state index contributed by atoms with van der Waals surface area (Å²) in [4.78, 5) is 37.8. The maximum atomic E-state index is 12.7. The van der Waals surface area contributed by atoms with E-state index in [2.05, 4.69) is 5.32 Å². The quantitative estimate of drug-likeness (QED) is 0.670. The van der Waals surface area contributed by atoms with E-state index in [0.29, 0.717) is 22.7 Å². The Morgan fingerprint density at radius 2 is 1.72 bits per heavy atom. The molecule has 25 heavy (non-hydrogen) atoms. The molecule has 2 aromatic rings. The Bertz CT molecular complexity index is 920. The van der Waals surface area contributed by atoms with Crippen molar-refractivity contribution in [2.75, 3.05) is 11.7 Å². The third-order valence-electron chi connectivity index (χ3n) is 3.82. The highest BCUT2D eigenvalue weighted by Gasteiger charge is 2.36. The van der Waals surface area contributed by atoms with Gasteiger partial charge in [-0.05, 0) is 35.9 Å². The number of urea groups is 1. The zero-order valence-electron chi connectivity index (χ0n) is 12.9. The molecule has 0 aliphatic carbocycles. The van der Waals surface area contributed by atoms with Crippen LogP contribution in [0.4, 0.5) is 10.5 Å². The van der Waals surface area contributed by atoms with Crippen molar-refractivity contribution in [2.24, 2.45) is 0 Å². The van der Waals surface area contributed by atoms with Crippen LogP contribution in [0.2, 0.25) is 0 Å². The minimum Gasteiger partial charge on any atom is -0.454 e. The second-order valence-electron chi connectivity index (χ2n) is 5.41. The molecule has 7 heteroatoms. The molecular formula is C18H12N2O5. The Morgan fingerprint density at radius 3 is 2.52 bits per heavy atom. The molecule has 4 rings (SSSR count). The average Bonchev–Trinajstić information content (AvgIpc) is 3.07. The van der Waals surface area contributed by atoms with Gasteiger partial charge < -0.3 is 9.47 Å². The number of amides is 4. The van der Waals surface area contributed by atoms with Crippen LogP contribution in [0.5, 0.6) is 11.5 Å². The lowest BCUT2D eigenvalue weighted by atomic mass is 10.1. The van der Waals surface area contributed by atoms with Gasteiger partial charge in [-0.15, -0.1) is 0 Å². The van der Waals surface area contributed by atoms with Gasteiger partial charge in [-0.25, -0.2) is 9.69 Å². The number of imide groups is 2. The lowest BCUT2D eigenvalue weighted by molar-refractivity contribution is -0.122. The van der Waals surface area contributed by atoms with E-state index in [1.807, 2.05) is 0 Å². The fourth-order valence-electron chi connectivity index (χ4n) is 2.64. The fourth-order valence-corrected chi connectivity index (χ4v) is 2.64. The zero-order chi connectivity index (χ0) is 17.4. The molecule has 1 N–H and O–H groups in total.